The number of anilines is 1. The third kappa shape index (κ3) is 4.04. The lowest BCUT2D eigenvalue weighted by atomic mass is 9.68. The Balaban J connectivity index is 1.94. The number of nitrogen functional groups attached to an aromatic ring is 1. The zero-order valence-corrected chi connectivity index (χ0v) is 19.3. The molecule has 0 heterocycles. The second-order valence-corrected chi connectivity index (χ2v) is 10.1. The Morgan fingerprint density at radius 1 is 0.839 bits per heavy atom. The van der Waals surface area contributed by atoms with E-state index in [2.05, 4.69) is 83.1 Å². The van der Waals surface area contributed by atoms with Gasteiger partial charge >= 0.3 is 0 Å². The van der Waals surface area contributed by atoms with E-state index in [0.29, 0.717) is 12.3 Å². The molecule has 1 aliphatic carbocycles. The van der Waals surface area contributed by atoms with Gasteiger partial charge in [0.1, 0.15) is 0 Å². The molecule has 3 aromatic rings. The Hall–Kier alpha value is -2.87. The fraction of sp³-hybridized carbons (Fsp3) is 0.345. The molecular formula is C29H33NO. The summed E-state index contributed by atoms with van der Waals surface area (Å²) in [5, 5.41) is 2.28. The minimum Gasteiger partial charge on any atom is -0.398 e. The highest BCUT2D eigenvalue weighted by atomic mass is 16.1. The maximum absolute atomic E-state index is 13.5. The number of fused-ring (bicyclic) bond motifs is 1. The third-order valence-corrected chi connectivity index (χ3v) is 6.72. The zero-order chi connectivity index (χ0) is 22.3. The van der Waals surface area contributed by atoms with Gasteiger partial charge in [0.2, 0.25) is 0 Å². The standard InChI is InChI=1S/C29H33NO/c1-18(2)20-10-12-21(13-11-20)19(3)27-24(16-29(4,5)17-26(27)31)28-23-9-7-6-8-22(23)14-15-25(28)30/h6-15,18-19H,16-17,30H2,1-5H3/t19-/m0/s1. The van der Waals surface area contributed by atoms with Crippen LogP contribution < -0.4 is 5.73 Å². The highest BCUT2D eigenvalue weighted by Gasteiger charge is 2.36. The van der Waals surface area contributed by atoms with Crippen LogP contribution in [-0.2, 0) is 4.79 Å². The summed E-state index contributed by atoms with van der Waals surface area (Å²) in [4.78, 5) is 13.5. The van der Waals surface area contributed by atoms with E-state index in [1.807, 2.05) is 12.1 Å². The molecule has 160 valence electrons. The normalized spacial score (nSPS) is 17.4. The second-order valence-electron chi connectivity index (χ2n) is 10.1. The first-order valence-electron chi connectivity index (χ1n) is 11.3. The van der Waals surface area contributed by atoms with Gasteiger partial charge in [-0.05, 0) is 51.3 Å². The first kappa shape index (κ1) is 21.4. The van der Waals surface area contributed by atoms with Crippen LogP contribution in [0.15, 0.2) is 66.2 Å². The molecule has 1 aliphatic rings. The maximum atomic E-state index is 13.5. The molecule has 2 heteroatoms. The van der Waals surface area contributed by atoms with Crippen molar-refractivity contribution in [2.75, 3.05) is 5.73 Å². The van der Waals surface area contributed by atoms with Gasteiger partial charge < -0.3 is 5.73 Å². The van der Waals surface area contributed by atoms with Crippen molar-refractivity contribution in [1.29, 1.82) is 0 Å². The SMILES string of the molecule is CC(C)c1ccc([C@H](C)C2=C(c3c(N)ccc4ccccc34)CC(C)(C)CC2=O)cc1. The predicted octanol–water partition coefficient (Wildman–Crippen LogP) is 7.49. The van der Waals surface area contributed by atoms with E-state index in [4.69, 9.17) is 5.73 Å². The third-order valence-electron chi connectivity index (χ3n) is 6.72. The molecule has 0 radical (unpaired) electrons. The van der Waals surface area contributed by atoms with Crippen molar-refractivity contribution in [3.63, 3.8) is 0 Å². The lowest BCUT2D eigenvalue weighted by Crippen LogP contribution is -2.27. The minimum atomic E-state index is -0.0828. The van der Waals surface area contributed by atoms with Crippen molar-refractivity contribution < 1.29 is 4.79 Å². The fourth-order valence-electron chi connectivity index (χ4n) is 5.02. The van der Waals surface area contributed by atoms with Gasteiger partial charge in [-0.25, -0.2) is 0 Å². The van der Waals surface area contributed by atoms with E-state index in [9.17, 15) is 4.79 Å². The number of Topliss-reactive ketones (excluding diaryl/α,β-unsaturated/α-hetero) is 1. The fourth-order valence-corrected chi connectivity index (χ4v) is 5.02. The summed E-state index contributed by atoms with van der Waals surface area (Å²) in [7, 11) is 0. The van der Waals surface area contributed by atoms with Crippen molar-refractivity contribution in [1.82, 2.24) is 0 Å². The summed E-state index contributed by atoms with van der Waals surface area (Å²) in [5.74, 6) is 0.768. The summed E-state index contributed by atoms with van der Waals surface area (Å²) in [6.45, 7) is 10.9. The summed E-state index contributed by atoms with van der Waals surface area (Å²) in [6, 6.07) is 21.1. The van der Waals surface area contributed by atoms with Crippen LogP contribution in [0.4, 0.5) is 5.69 Å². The molecule has 2 N–H and O–H groups in total. The van der Waals surface area contributed by atoms with Crippen molar-refractivity contribution in [3.05, 3.63) is 82.9 Å². The van der Waals surface area contributed by atoms with Crippen LogP contribution in [0.5, 0.6) is 0 Å². The van der Waals surface area contributed by atoms with Gasteiger partial charge in [-0.3, -0.25) is 4.79 Å². The maximum Gasteiger partial charge on any atom is 0.160 e. The first-order valence-corrected chi connectivity index (χ1v) is 11.3. The number of hydrogen-bond donors (Lipinski definition) is 1. The van der Waals surface area contributed by atoms with Gasteiger partial charge in [-0.2, -0.15) is 0 Å². The molecule has 0 unspecified atom stereocenters. The van der Waals surface area contributed by atoms with Crippen LogP contribution in [0.3, 0.4) is 0 Å². The molecule has 0 saturated carbocycles. The molecule has 1 atom stereocenters. The molecule has 0 bridgehead atoms. The quantitative estimate of drug-likeness (QED) is 0.452. The van der Waals surface area contributed by atoms with E-state index in [1.54, 1.807) is 0 Å². The minimum absolute atomic E-state index is 0.0261. The van der Waals surface area contributed by atoms with E-state index >= 15 is 0 Å². The zero-order valence-electron chi connectivity index (χ0n) is 19.3. The Labute approximate surface area is 186 Å². The molecule has 0 spiro atoms. The van der Waals surface area contributed by atoms with Crippen molar-refractivity contribution >= 4 is 27.8 Å². The van der Waals surface area contributed by atoms with Crippen LogP contribution in [0.1, 0.15) is 76.0 Å². The molecule has 0 amide bonds. The first-order chi connectivity index (χ1) is 14.7. The molecule has 0 aliphatic heterocycles. The molecule has 0 fully saturated rings. The van der Waals surface area contributed by atoms with E-state index < -0.39 is 0 Å². The van der Waals surface area contributed by atoms with Gasteiger partial charge in [-0.1, -0.05) is 89.2 Å². The summed E-state index contributed by atoms with van der Waals surface area (Å²) in [6.07, 6.45) is 1.42. The number of allylic oxidation sites excluding steroid dienone is 2. The Kier molecular flexibility index (Phi) is 5.51. The molecular weight excluding hydrogens is 378 g/mol. The van der Waals surface area contributed by atoms with Crippen LogP contribution >= 0.6 is 0 Å². The molecule has 3 aromatic carbocycles. The molecule has 31 heavy (non-hydrogen) atoms. The van der Waals surface area contributed by atoms with Gasteiger partial charge in [0.15, 0.2) is 5.78 Å². The van der Waals surface area contributed by atoms with Gasteiger partial charge in [0.05, 0.1) is 0 Å². The van der Waals surface area contributed by atoms with Crippen LogP contribution in [0.2, 0.25) is 0 Å². The Bertz CT molecular complexity index is 1170. The van der Waals surface area contributed by atoms with Crippen molar-refractivity contribution in [2.24, 2.45) is 5.41 Å². The van der Waals surface area contributed by atoms with E-state index in [0.717, 1.165) is 39.6 Å². The largest absolute Gasteiger partial charge is 0.398 e. The van der Waals surface area contributed by atoms with Crippen molar-refractivity contribution in [3.8, 4) is 0 Å². The number of benzene rings is 3. The monoisotopic (exact) mass is 411 g/mol. The molecule has 4 rings (SSSR count). The molecule has 0 aromatic heterocycles. The lowest BCUT2D eigenvalue weighted by Gasteiger charge is -2.35. The number of hydrogen-bond acceptors (Lipinski definition) is 2. The highest BCUT2D eigenvalue weighted by molar-refractivity contribution is 6.10. The summed E-state index contributed by atoms with van der Waals surface area (Å²) in [5.41, 5.74) is 12.8. The number of nitrogens with two attached hydrogens (primary N) is 1. The van der Waals surface area contributed by atoms with E-state index in [1.165, 1.54) is 11.1 Å². The molecule has 0 saturated heterocycles. The highest BCUT2D eigenvalue weighted by Crippen LogP contribution is 2.48. The van der Waals surface area contributed by atoms with Crippen LogP contribution in [-0.4, -0.2) is 5.78 Å². The van der Waals surface area contributed by atoms with E-state index in [-0.39, 0.29) is 17.1 Å². The van der Waals surface area contributed by atoms with Gasteiger partial charge in [0, 0.05) is 29.2 Å². The number of ketones is 1. The molecule has 2 nitrogen and oxygen atoms in total. The number of rotatable bonds is 4. The van der Waals surface area contributed by atoms with Gasteiger partial charge in [-0.15, -0.1) is 0 Å². The Morgan fingerprint density at radius 3 is 2.16 bits per heavy atom. The van der Waals surface area contributed by atoms with Crippen LogP contribution in [0.25, 0.3) is 16.3 Å². The number of carbonyl (C=O) groups is 1. The average Bonchev–Trinajstić information content (AvgIpc) is 2.72. The van der Waals surface area contributed by atoms with Crippen LogP contribution in [0, 0.1) is 5.41 Å². The lowest BCUT2D eigenvalue weighted by molar-refractivity contribution is -0.118. The van der Waals surface area contributed by atoms with Crippen molar-refractivity contribution in [2.45, 2.75) is 59.3 Å². The second kappa shape index (κ2) is 8.00. The average molecular weight is 412 g/mol. The van der Waals surface area contributed by atoms with Gasteiger partial charge in [0.25, 0.3) is 0 Å². The Morgan fingerprint density at radius 2 is 1.48 bits per heavy atom. The number of carbonyl (C=O) groups excluding carboxylic acids is 1. The smallest absolute Gasteiger partial charge is 0.160 e. The predicted molar refractivity (Wildman–Crippen MR) is 132 cm³/mol. The summed E-state index contributed by atoms with van der Waals surface area (Å²) >= 11 is 0. The summed E-state index contributed by atoms with van der Waals surface area (Å²) < 4.78 is 0. The topological polar surface area (TPSA) is 43.1 Å².